The minimum Gasteiger partial charge on any atom is -0.459 e. The Kier molecular flexibility index (Phi) is 5.75. The molecular weight excluding hydrogens is 382 g/mol. The van der Waals surface area contributed by atoms with Crippen molar-refractivity contribution < 1.29 is 14.3 Å². The number of carbonyl (C=O) groups excluding carboxylic acids is 2. The van der Waals surface area contributed by atoms with Crippen LogP contribution in [0.2, 0.25) is 5.02 Å². The van der Waals surface area contributed by atoms with Gasteiger partial charge in [-0.15, -0.1) is 0 Å². The Balaban J connectivity index is 1.70. The fraction of sp³-hybridized carbons (Fsp3) is 0.200. The Bertz CT molecular complexity index is 1090. The minimum absolute atomic E-state index is 0.193. The van der Waals surface area contributed by atoms with E-state index in [0.29, 0.717) is 27.2 Å². The number of anilines is 1. The second-order valence-electron chi connectivity index (χ2n) is 6.42. The molecule has 1 amide bonds. The zero-order valence-electron chi connectivity index (χ0n) is 15.3. The van der Waals surface area contributed by atoms with Gasteiger partial charge < -0.3 is 10.1 Å². The van der Waals surface area contributed by atoms with Crippen molar-refractivity contribution in [2.45, 2.75) is 26.5 Å². The van der Waals surface area contributed by atoms with Gasteiger partial charge in [-0.1, -0.05) is 11.6 Å². The second-order valence-corrected chi connectivity index (χ2v) is 6.86. The number of fused-ring (bicyclic) bond motifs is 1. The zero-order valence-corrected chi connectivity index (χ0v) is 16.1. The molecule has 0 saturated carbocycles. The lowest BCUT2D eigenvalue weighted by molar-refractivity contribution is -0.116. The smallest absolute Gasteiger partial charge is 0.338 e. The Morgan fingerprint density at radius 3 is 2.57 bits per heavy atom. The minimum atomic E-state index is -0.429. The molecule has 8 heteroatoms. The van der Waals surface area contributed by atoms with Crippen LogP contribution in [-0.4, -0.2) is 27.5 Å². The van der Waals surface area contributed by atoms with Crippen molar-refractivity contribution in [3.8, 4) is 0 Å². The molecule has 0 aliphatic carbocycles. The van der Waals surface area contributed by atoms with Gasteiger partial charge in [0.2, 0.25) is 5.91 Å². The molecule has 0 atom stereocenters. The van der Waals surface area contributed by atoms with Crippen LogP contribution in [0.25, 0.3) is 10.9 Å². The van der Waals surface area contributed by atoms with Gasteiger partial charge in [0.15, 0.2) is 0 Å². The zero-order chi connectivity index (χ0) is 20.3. The third-order valence-electron chi connectivity index (χ3n) is 3.85. The maximum Gasteiger partial charge on any atom is 0.338 e. The van der Waals surface area contributed by atoms with Crippen LogP contribution in [0.4, 0.5) is 5.69 Å². The number of nitrogens with zero attached hydrogens (tertiary/aromatic N) is 2. The Morgan fingerprint density at radius 1 is 1.18 bits per heavy atom. The number of halogens is 1. The second kappa shape index (κ2) is 8.22. The lowest BCUT2D eigenvalue weighted by Gasteiger charge is -2.10. The molecule has 144 valence electrons. The van der Waals surface area contributed by atoms with Crippen molar-refractivity contribution in [3.05, 3.63) is 69.7 Å². The number of benzene rings is 2. The normalized spacial score (nSPS) is 10.9. The van der Waals surface area contributed by atoms with E-state index in [2.05, 4.69) is 10.3 Å². The van der Waals surface area contributed by atoms with E-state index in [-0.39, 0.29) is 18.2 Å². The van der Waals surface area contributed by atoms with Crippen molar-refractivity contribution >= 4 is 40.1 Å². The molecule has 1 aromatic heterocycles. The maximum absolute atomic E-state index is 12.5. The fourth-order valence-electron chi connectivity index (χ4n) is 2.57. The number of hydrogen-bond acceptors (Lipinski definition) is 5. The molecule has 0 radical (unpaired) electrons. The Hall–Kier alpha value is -3.19. The Morgan fingerprint density at radius 2 is 1.89 bits per heavy atom. The average molecular weight is 400 g/mol. The predicted octanol–water partition coefficient (Wildman–Crippen LogP) is 3.25. The van der Waals surface area contributed by atoms with E-state index in [0.717, 1.165) is 0 Å². The van der Waals surface area contributed by atoms with Crippen LogP contribution >= 0.6 is 11.6 Å². The highest BCUT2D eigenvalue weighted by Gasteiger charge is 2.11. The first-order chi connectivity index (χ1) is 13.3. The molecular formula is C20H18ClN3O4. The molecule has 1 N–H and O–H groups in total. The van der Waals surface area contributed by atoms with Crippen molar-refractivity contribution in [1.82, 2.24) is 9.55 Å². The van der Waals surface area contributed by atoms with Gasteiger partial charge in [-0.05, 0) is 56.3 Å². The van der Waals surface area contributed by atoms with E-state index < -0.39 is 11.9 Å². The fourth-order valence-corrected chi connectivity index (χ4v) is 2.74. The summed E-state index contributed by atoms with van der Waals surface area (Å²) in [5.74, 6) is -0.823. The summed E-state index contributed by atoms with van der Waals surface area (Å²) in [5, 5.41) is 3.55. The molecule has 2 aromatic carbocycles. The molecule has 28 heavy (non-hydrogen) atoms. The van der Waals surface area contributed by atoms with Crippen LogP contribution in [0.5, 0.6) is 0 Å². The van der Waals surface area contributed by atoms with Gasteiger partial charge in [0.25, 0.3) is 5.56 Å². The first-order valence-electron chi connectivity index (χ1n) is 8.59. The van der Waals surface area contributed by atoms with Gasteiger partial charge in [0, 0.05) is 10.7 Å². The van der Waals surface area contributed by atoms with Gasteiger partial charge in [-0.3, -0.25) is 14.2 Å². The summed E-state index contributed by atoms with van der Waals surface area (Å²) in [5.41, 5.74) is 1.03. The van der Waals surface area contributed by atoms with Gasteiger partial charge in [0.05, 0.1) is 28.9 Å². The number of nitrogens with one attached hydrogen (secondary N) is 1. The number of rotatable bonds is 5. The summed E-state index contributed by atoms with van der Waals surface area (Å²) in [6, 6.07) is 11.1. The van der Waals surface area contributed by atoms with E-state index in [9.17, 15) is 14.4 Å². The van der Waals surface area contributed by atoms with Crippen LogP contribution in [-0.2, 0) is 16.1 Å². The van der Waals surface area contributed by atoms with Crippen molar-refractivity contribution in [3.63, 3.8) is 0 Å². The van der Waals surface area contributed by atoms with Crippen molar-refractivity contribution in [1.29, 1.82) is 0 Å². The first kappa shape index (κ1) is 19.6. The van der Waals surface area contributed by atoms with Gasteiger partial charge >= 0.3 is 5.97 Å². The topological polar surface area (TPSA) is 90.3 Å². The van der Waals surface area contributed by atoms with Crippen molar-refractivity contribution in [2.75, 3.05) is 5.32 Å². The highest BCUT2D eigenvalue weighted by atomic mass is 35.5. The number of ether oxygens (including phenoxy) is 1. The van der Waals surface area contributed by atoms with E-state index in [1.807, 2.05) is 0 Å². The molecule has 0 aliphatic rings. The highest BCUT2D eigenvalue weighted by Crippen LogP contribution is 2.14. The number of aromatic nitrogens is 2. The van der Waals surface area contributed by atoms with Gasteiger partial charge in [-0.25, -0.2) is 9.78 Å². The summed E-state index contributed by atoms with van der Waals surface area (Å²) in [6.45, 7) is 3.34. The highest BCUT2D eigenvalue weighted by molar-refractivity contribution is 6.31. The number of amides is 1. The molecule has 1 heterocycles. The summed E-state index contributed by atoms with van der Waals surface area (Å²) in [6.07, 6.45) is 1.10. The van der Waals surface area contributed by atoms with Crippen molar-refractivity contribution in [2.24, 2.45) is 0 Å². The lowest BCUT2D eigenvalue weighted by Crippen LogP contribution is -2.27. The third-order valence-corrected chi connectivity index (χ3v) is 4.08. The summed E-state index contributed by atoms with van der Waals surface area (Å²) in [7, 11) is 0. The predicted molar refractivity (Wildman–Crippen MR) is 107 cm³/mol. The molecule has 0 spiro atoms. The summed E-state index contributed by atoms with van der Waals surface area (Å²) >= 11 is 5.90. The molecule has 3 aromatic rings. The first-order valence-corrected chi connectivity index (χ1v) is 8.97. The average Bonchev–Trinajstić information content (AvgIpc) is 2.64. The van der Waals surface area contributed by atoms with Gasteiger partial charge in [0.1, 0.15) is 6.54 Å². The summed E-state index contributed by atoms with van der Waals surface area (Å²) < 4.78 is 6.33. The molecule has 0 unspecified atom stereocenters. The van der Waals surface area contributed by atoms with Gasteiger partial charge in [-0.2, -0.15) is 0 Å². The number of hydrogen-bond donors (Lipinski definition) is 1. The maximum atomic E-state index is 12.5. The largest absolute Gasteiger partial charge is 0.459 e. The number of carbonyl (C=O) groups is 2. The monoisotopic (exact) mass is 399 g/mol. The van der Waals surface area contributed by atoms with E-state index in [4.69, 9.17) is 16.3 Å². The molecule has 3 rings (SSSR count). The van der Waals surface area contributed by atoms with Crippen LogP contribution < -0.4 is 10.9 Å². The number of esters is 1. The molecule has 7 nitrogen and oxygen atoms in total. The quantitative estimate of drug-likeness (QED) is 0.665. The molecule has 0 bridgehead atoms. The van der Waals surface area contributed by atoms with Crippen LogP contribution in [0.3, 0.4) is 0 Å². The van der Waals surface area contributed by atoms with Crippen LogP contribution in [0.1, 0.15) is 24.2 Å². The third kappa shape index (κ3) is 4.55. The Labute approximate surface area is 165 Å². The van der Waals surface area contributed by atoms with Crippen LogP contribution in [0.15, 0.2) is 53.6 Å². The summed E-state index contributed by atoms with van der Waals surface area (Å²) in [4.78, 5) is 40.8. The lowest BCUT2D eigenvalue weighted by atomic mass is 10.2. The molecule has 0 aliphatic heterocycles. The van der Waals surface area contributed by atoms with E-state index in [1.165, 1.54) is 10.9 Å². The van der Waals surface area contributed by atoms with E-state index in [1.54, 1.807) is 56.3 Å². The van der Waals surface area contributed by atoms with E-state index >= 15 is 0 Å². The SMILES string of the molecule is CC(C)OC(=O)c1ccc(NC(=O)Cn2cnc3cc(Cl)ccc3c2=O)cc1. The molecule has 0 saturated heterocycles. The van der Waals surface area contributed by atoms with Crippen LogP contribution in [0, 0.1) is 0 Å². The molecule has 0 fully saturated rings. The standard InChI is InChI=1S/C20H18ClN3O4/c1-12(2)28-20(27)13-3-6-15(7-4-13)23-18(25)10-24-11-22-17-9-14(21)5-8-16(17)19(24)26/h3-9,11-12H,10H2,1-2H3,(H,23,25).